The number of ether oxygens (including phenoxy) is 2. The predicted octanol–water partition coefficient (Wildman–Crippen LogP) is 6.85. The maximum Gasteiger partial charge on any atom is 0.408 e. The Kier molecular flexibility index (Phi) is 26.4. The highest BCUT2D eigenvalue weighted by Gasteiger charge is 2.31. The Hall–Kier alpha value is -3.19. The summed E-state index contributed by atoms with van der Waals surface area (Å²) in [7, 11) is 1.20. The van der Waals surface area contributed by atoms with Gasteiger partial charge in [-0.3, -0.25) is 14.4 Å². The highest BCUT2D eigenvalue weighted by Crippen LogP contribution is 2.17. The van der Waals surface area contributed by atoms with Crippen LogP contribution in [0, 0.1) is 0 Å². The van der Waals surface area contributed by atoms with Gasteiger partial charge >= 0.3 is 12.1 Å². The van der Waals surface area contributed by atoms with E-state index in [1.165, 1.54) is 101 Å². The molecule has 1 aromatic carbocycles. The van der Waals surface area contributed by atoms with Gasteiger partial charge in [0.1, 0.15) is 30.5 Å². The summed E-state index contributed by atoms with van der Waals surface area (Å²) < 4.78 is 9.89. The summed E-state index contributed by atoms with van der Waals surface area (Å²) in [6.45, 7) is 5.70. The van der Waals surface area contributed by atoms with Crippen LogP contribution in [0.1, 0.15) is 109 Å². The minimum absolute atomic E-state index is 0.0209. The second kappa shape index (κ2) is 29.4. The number of hydrogen-bond acceptors (Lipinski definition) is 10. The van der Waals surface area contributed by atoms with Crippen LogP contribution in [0.3, 0.4) is 0 Å². The lowest BCUT2D eigenvalue weighted by Gasteiger charge is -2.25. The fourth-order valence-corrected chi connectivity index (χ4v) is 6.62. The van der Waals surface area contributed by atoms with E-state index in [1.807, 2.05) is 6.26 Å². The Morgan fingerprint density at radius 2 is 1.35 bits per heavy atom. The molecule has 0 spiro atoms. The van der Waals surface area contributed by atoms with Crippen molar-refractivity contribution in [3.05, 3.63) is 42.5 Å². The minimum Gasteiger partial charge on any atom is -0.508 e. The number of phenolic OH excluding ortho intramolecular Hbond substituents is 1. The zero-order valence-electron chi connectivity index (χ0n) is 30.9. The maximum absolute atomic E-state index is 13.6. The first-order valence-corrected chi connectivity index (χ1v) is 20.7. The summed E-state index contributed by atoms with van der Waals surface area (Å²) >= 11 is 2.46. The van der Waals surface area contributed by atoms with E-state index in [4.69, 9.17) is 9.47 Å². The van der Waals surface area contributed by atoms with Crippen molar-refractivity contribution in [2.75, 3.05) is 31.5 Å². The smallest absolute Gasteiger partial charge is 0.408 e. The number of rotatable bonds is 29. The van der Waals surface area contributed by atoms with Crippen molar-refractivity contribution in [1.82, 2.24) is 16.0 Å². The summed E-state index contributed by atoms with van der Waals surface area (Å²) in [6.07, 6.45) is 18.9. The molecule has 0 aromatic heterocycles. The van der Waals surface area contributed by atoms with Crippen molar-refractivity contribution < 1.29 is 38.6 Å². The quantitative estimate of drug-likeness (QED) is 0.0387. The van der Waals surface area contributed by atoms with Gasteiger partial charge in [0.25, 0.3) is 0 Å². The van der Waals surface area contributed by atoms with Crippen LogP contribution < -0.4 is 16.0 Å². The third-order valence-electron chi connectivity index (χ3n) is 8.26. The van der Waals surface area contributed by atoms with Crippen LogP contribution in [0.4, 0.5) is 4.79 Å². The fraction of sp³-hybridized carbons (Fsp3) is 0.658. The van der Waals surface area contributed by atoms with Crippen molar-refractivity contribution >= 4 is 52.5 Å². The van der Waals surface area contributed by atoms with Crippen molar-refractivity contribution in [2.24, 2.45) is 0 Å². The van der Waals surface area contributed by atoms with Gasteiger partial charge < -0.3 is 30.5 Å². The molecule has 3 atom stereocenters. The number of hydrogen-bond donors (Lipinski definition) is 4. The molecule has 0 aliphatic rings. The minimum atomic E-state index is -1.16. The second-order valence-corrected chi connectivity index (χ2v) is 14.6. The van der Waals surface area contributed by atoms with Crippen molar-refractivity contribution in [1.29, 1.82) is 0 Å². The molecule has 0 heterocycles. The molecule has 0 fully saturated rings. The molecular formula is C38H61N3O8S2. The summed E-state index contributed by atoms with van der Waals surface area (Å²) in [4.78, 5) is 64.6. The number of amides is 3. The van der Waals surface area contributed by atoms with Crippen molar-refractivity contribution in [2.45, 2.75) is 128 Å². The number of esters is 1. The lowest BCUT2D eigenvalue weighted by molar-refractivity contribution is -0.144. The van der Waals surface area contributed by atoms with E-state index in [2.05, 4.69) is 29.5 Å². The summed E-state index contributed by atoms with van der Waals surface area (Å²) in [5.41, 5.74) is 0.629. The molecule has 0 saturated heterocycles. The van der Waals surface area contributed by atoms with Gasteiger partial charge in [-0.1, -0.05) is 121 Å². The van der Waals surface area contributed by atoms with Crippen LogP contribution >= 0.6 is 23.5 Å². The van der Waals surface area contributed by atoms with Gasteiger partial charge in [0.15, 0.2) is 5.12 Å². The molecule has 0 unspecified atom stereocenters. The van der Waals surface area contributed by atoms with Crippen LogP contribution in [0.15, 0.2) is 36.9 Å². The van der Waals surface area contributed by atoms with Crippen molar-refractivity contribution in [3.63, 3.8) is 0 Å². The normalized spacial score (nSPS) is 12.6. The van der Waals surface area contributed by atoms with E-state index in [-0.39, 0.29) is 36.1 Å². The zero-order valence-corrected chi connectivity index (χ0v) is 32.5. The first-order chi connectivity index (χ1) is 24.6. The molecule has 0 aliphatic carbocycles. The van der Waals surface area contributed by atoms with Gasteiger partial charge in [0, 0.05) is 18.6 Å². The molecule has 1 rings (SSSR count). The molecule has 11 nitrogen and oxygen atoms in total. The first-order valence-electron chi connectivity index (χ1n) is 18.3. The summed E-state index contributed by atoms with van der Waals surface area (Å²) in [5, 5.41) is 17.5. The number of carbonyl (C=O) groups excluding carboxylic acids is 5. The number of benzene rings is 1. The number of unbranched alkanes of at least 4 members (excludes halogenated alkanes) is 12. The number of phenols is 1. The largest absolute Gasteiger partial charge is 0.508 e. The van der Waals surface area contributed by atoms with Gasteiger partial charge in [-0.15, -0.1) is 0 Å². The fourth-order valence-electron chi connectivity index (χ4n) is 5.29. The van der Waals surface area contributed by atoms with E-state index in [9.17, 15) is 29.1 Å². The lowest BCUT2D eigenvalue weighted by Crippen LogP contribution is -2.57. The molecule has 1 aromatic rings. The molecule has 13 heteroatoms. The monoisotopic (exact) mass is 751 g/mol. The van der Waals surface area contributed by atoms with Crippen LogP contribution in [0.25, 0.3) is 0 Å². The molecule has 51 heavy (non-hydrogen) atoms. The zero-order chi connectivity index (χ0) is 37.7. The van der Waals surface area contributed by atoms with E-state index < -0.39 is 42.0 Å². The molecule has 0 radical (unpaired) electrons. The standard InChI is InChI=1S/C38H61N3O8S2/c1-5-7-8-9-10-11-12-13-14-15-16-17-18-19-34(43)51-28-33(37(46)48-3)40-36(45)32(27-29-20-22-30(42)23-21-29)39-35(44)31(24-26-50-4)41-38(47)49-25-6-2/h6,20-23,31-33,42H,2,5,7-19,24-28H2,1,3-4H3,(H,39,44)(H,40,45)(H,41,47)/t31-,32-,33-/m0/s1. The van der Waals surface area contributed by atoms with E-state index >= 15 is 0 Å². The Morgan fingerprint density at radius 1 is 0.804 bits per heavy atom. The molecule has 3 amide bonds. The molecule has 0 saturated carbocycles. The lowest BCUT2D eigenvalue weighted by atomic mass is 10.0. The molecule has 0 bridgehead atoms. The van der Waals surface area contributed by atoms with Gasteiger partial charge in [-0.05, 0) is 42.5 Å². The van der Waals surface area contributed by atoms with Gasteiger partial charge in [-0.2, -0.15) is 11.8 Å². The highest BCUT2D eigenvalue weighted by atomic mass is 32.2. The topological polar surface area (TPSA) is 160 Å². The highest BCUT2D eigenvalue weighted by molar-refractivity contribution is 8.13. The van der Waals surface area contributed by atoms with Crippen LogP contribution in [-0.2, 0) is 35.1 Å². The van der Waals surface area contributed by atoms with Crippen molar-refractivity contribution in [3.8, 4) is 5.75 Å². The second-order valence-electron chi connectivity index (χ2n) is 12.6. The Bertz CT molecular complexity index is 1170. The molecule has 4 N–H and O–H groups in total. The third-order valence-corrected chi connectivity index (χ3v) is 9.93. The van der Waals surface area contributed by atoms with E-state index in [0.717, 1.165) is 31.0 Å². The number of carbonyl (C=O) groups is 5. The average Bonchev–Trinajstić information content (AvgIpc) is 3.12. The van der Waals surface area contributed by atoms with E-state index in [0.29, 0.717) is 17.7 Å². The van der Waals surface area contributed by atoms with Crippen LogP contribution in [0.5, 0.6) is 5.75 Å². The number of aromatic hydroxyl groups is 1. The third kappa shape index (κ3) is 22.4. The number of nitrogens with one attached hydrogen (secondary N) is 3. The molecule has 288 valence electrons. The summed E-state index contributed by atoms with van der Waals surface area (Å²) in [5.74, 6) is -1.45. The number of thioether (sulfide) groups is 2. The van der Waals surface area contributed by atoms with Gasteiger partial charge in [-0.25, -0.2) is 9.59 Å². The SMILES string of the molecule is C=CCOC(=O)N[C@@H](CCSC)C(=O)N[C@@H](Cc1ccc(O)cc1)C(=O)N[C@@H](CSC(=O)CCCCCCCCCCCCCCC)C(=O)OC. The Labute approximate surface area is 313 Å². The van der Waals surface area contributed by atoms with Gasteiger partial charge in [0.2, 0.25) is 11.8 Å². The predicted molar refractivity (Wildman–Crippen MR) is 207 cm³/mol. The summed E-state index contributed by atoms with van der Waals surface area (Å²) in [6, 6.07) is 2.84. The number of methoxy groups -OCH3 is 1. The molecule has 0 aliphatic heterocycles. The van der Waals surface area contributed by atoms with E-state index in [1.54, 1.807) is 12.1 Å². The van der Waals surface area contributed by atoms with Crippen LogP contribution in [0.2, 0.25) is 0 Å². The Morgan fingerprint density at radius 3 is 1.90 bits per heavy atom. The van der Waals surface area contributed by atoms with Gasteiger partial charge in [0.05, 0.1) is 7.11 Å². The number of alkyl carbamates (subject to hydrolysis) is 1. The maximum atomic E-state index is 13.6. The average molecular weight is 752 g/mol. The molecular weight excluding hydrogens is 691 g/mol. The van der Waals surface area contributed by atoms with Crippen LogP contribution in [-0.4, -0.2) is 83.7 Å². The Balaban J connectivity index is 2.73. The first kappa shape index (κ1) is 45.8.